The molecule has 1 saturated heterocycles. The van der Waals surface area contributed by atoms with Gasteiger partial charge in [0, 0.05) is 45.1 Å². The van der Waals surface area contributed by atoms with E-state index in [0.717, 1.165) is 38.5 Å². The molecule has 1 fully saturated rings. The number of benzene rings is 1. The Morgan fingerprint density at radius 1 is 1.04 bits per heavy atom. The fourth-order valence-corrected chi connectivity index (χ4v) is 2.94. The van der Waals surface area contributed by atoms with Crippen molar-refractivity contribution in [3.8, 4) is 11.5 Å². The van der Waals surface area contributed by atoms with Crippen molar-refractivity contribution in [3.05, 3.63) is 54.4 Å². The molecule has 6 heteroatoms. The Labute approximate surface area is 154 Å². The summed E-state index contributed by atoms with van der Waals surface area (Å²) in [6.45, 7) is 6.70. The summed E-state index contributed by atoms with van der Waals surface area (Å²) in [7, 11) is 0. The van der Waals surface area contributed by atoms with Crippen molar-refractivity contribution in [1.29, 1.82) is 0 Å². The van der Waals surface area contributed by atoms with Crippen molar-refractivity contribution in [2.45, 2.75) is 13.5 Å². The van der Waals surface area contributed by atoms with Crippen LogP contribution in [0.3, 0.4) is 0 Å². The lowest BCUT2D eigenvalue weighted by atomic mass is 10.2. The Morgan fingerprint density at radius 2 is 1.73 bits per heavy atom. The zero-order chi connectivity index (χ0) is 18.2. The molecule has 0 saturated carbocycles. The Morgan fingerprint density at radius 3 is 2.35 bits per heavy atom. The lowest BCUT2D eigenvalue weighted by molar-refractivity contribution is -0.135. The van der Waals surface area contributed by atoms with Gasteiger partial charge in [-0.2, -0.15) is 0 Å². The minimum absolute atomic E-state index is 0.0277. The van der Waals surface area contributed by atoms with Crippen LogP contribution in [0.15, 0.2) is 48.8 Å². The van der Waals surface area contributed by atoms with Crippen molar-refractivity contribution in [1.82, 2.24) is 14.8 Å². The molecule has 0 radical (unpaired) electrons. The molecule has 1 aliphatic heterocycles. The van der Waals surface area contributed by atoms with Gasteiger partial charge in [-0.05, 0) is 42.8 Å². The summed E-state index contributed by atoms with van der Waals surface area (Å²) in [4.78, 5) is 20.7. The summed E-state index contributed by atoms with van der Waals surface area (Å²) in [6, 6.07) is 11.4. The van der Waals surface area contributed by atoms with Gasteiger partial charge in [0.15, 0.2) is 6.61 Å². The molecular formula is C20H25N3O3. The number of piperazine rings is 1. The van der Waals surface area contributed by atoms with Crippen molar-refractivity contribution in [2.24, 2.45) is 0 Å². The molecule has 1 aliphatic rings. The van der Waals surface area contributed by atoms with Crippen molar-refractivity contribution in [2.75, 3.05) is 39.4 Å². The van der Waals surface area contributed by atoms with Gasteiger partial charge < -0.3 is 14.4 Å². The number of hydrogen-bond acceptors (Lipinski definition) is 5. The Balaban J connectivity index is 1.40. The highest BCUT2D eigenvalue weighted by Crippen LogP contribution is 2.17. The summed E-state index contributed by atoms with van der Waals surface area (Å²) >= 11 is 0. The van der Waals surface area contributed by atoms with Crippen LogP contribution >= 0.6 is 0 Å². The topological polar surface area (TPSA) is 54.9 Å². The van der Waals surface area contributed by atoms with Crippen LogP contribution in [0, 0.1) is 0 Å². The Hall–Kier alpha value is -2.60. The highest BCUT2D eigenvalue weighted by Gasteiger charge is 2.21. The summed E-state index contributed by atoms with van der Waals surface area (Å²) < 4.78 is 11.0. The van der Waals surface area contributed by atoms with E-state index < -0.39 is 0 Å². The van der Waals surface area contributed by atoms with Crippen molar-refractivity contribution in [3.63, 3.8) is 0 Å². The van der Waals surface area contributed by atoms with Gasteiger partial charge in [0.05, 0.1) is 6.61 Å². The van der Waals surface area contributed by atoms with Crippen molar-refractivity contribution >= 4 is 5.91 Å². The summed E-state index contributed by atoms with van der Waals surface area (Å²) in [5, 5.41) is 0. The van der Waals surface area contributed by atoms with Crippen LogP contribution in [0.2, 0.25) is 0 Å². The predicted octanol–water partition coefficient (Wildman–Crippen LogP) is 2.20. The van der Waals surface area contributed by atoms with Gasteiger partial charge in [0.2, 0.25) is 0 Å². The maximum atomic E-state index is 12.4. The largest absolute Gasteiger partial charge is 0.494 e. The predicted molar refractivity (Wildman–Crippen MR) is 99.2 cm³/mol. The van der Waals surface area contributed by atoms with Gasteiger partial charge in [-0.3, -0.25) is 14.7 Å². The van der Waals surface area contributed by atoms with E-state index in [4.69, 9.17) is 9.47 Å². The first-order valence-corrected chi connectivity index (χ1v) is 8.99. The zero-order valence-electron chi connectivity index (χ0n) is 15.1. The van der Waals surface area contributed by atoms with Gasteiger partial charge in [-0.25, -0.2) is 0 Å². The summed E-state index contributed by atoms with van der Waals surface area (Å²) in [6.07, 6.45) is 3.67. The Bertz CT molecular complexity index is 683. The zero-order valence-corrected chi connectivity index (χ0v) is 15.1. The van der Waals surface area contributed by atoms with E-state index >= 15 is 0 Å². The lowest BCUT2D eigenvalue weighted by Gasteiger charge is -2.34. The smallest absolute Gasteiger partial charge is 0.260 e. The number of ether oxygens (including phenoxy) is 2. The molecule has 2 heterocycles. The molecule has 26 heavy (non-hydrogen) atoms. The number of amides is 1. The molecule has 1 aromatic carbocycles. The van der Waals surface area contributed by atoms with E-state index in [-0.39, 0.29) is 12.5 Å². The van der Waals surface area contributed by atoms with Crippen LogP contribution in [0.4, 0.5) is 0 Å². The molecule has 1 amide bonds. The maximum absolute atomic E-state index is 12.4. The number of carbonyl (C=O) groups excluding carboxylic acids is 1. The summed E-state index contributed by atoms with van der Waals surface area (Å²) in [5.41, 5.74) is 1.20. The average molecular weight is 355 g/mol. The van der Waals surface area contributed by atoms with Crippen LogP contribution in [0.5, 0.6) is 11.5 Å². The SMILES string of the molecule is CCOc1ccc(OCC(=O)N2CCN(Cc3cccnc3)CC2)cc1. The van der Waals surface area contributed by atoms with Crippen LogP contribution in [-0.2, 0) is 11.3 Å². The normalized spacial score (nSPS) is 14.9. The molecule has 1 aromatic heterocycles. The molecule has 0 aliphatic carbocycles. The van der Waals surface area contributed by atoms with Crippen molar-refractivity contribution < 1.29 is 14.3 Å². The second kappa shape index (κ2) is 9.20. The van der Waals surface area contributed by atoms with Crippen LogP contribution in [0.25, 0.3) is 0 Å². The first kappa shape index (κ1) is 18.2. The molecule has 0 bridgehead atoms. The molecule has 0 spiro atoms. The highest BCUT2D eigenvalue weighted by molar-refractivity contribution is 5.77. The number of pyridine rings is 1. The monoisotopic (exact) mass is 355 g/mol. The first-order valence-electron chi connectivity index (χ1n) is 8.99. The number of aromatic nitrogens is 1. The quantitative estimate of drug-likeness (QED) is 0.762. The number of hydrogen-bond donors (Lipinski definition) is 0. The van der Waals surface area contributed by atoms with Gasteiger partial charge >= 0.3 is 0 Å². The fourth-order valence-electron chi connectivity index (χ4n) is 2.94. The summed E-state index contributed by atoms with van der Waals surface area (Å²) in [5.74, 6) is 1.51. The van der Waals surface area contributed by atoms with E-state index in [1.165, 1.54) is 5.56 Å². The molecular weight excluding hydrogens is 330 g/mol. The molecule has 0 N–H and O–H groups in total. The van der Waals surface area contributed by atoms with Gasteiger partial charge in [0.1, 0.15) is 11.5 Å². The van der Waals surface area contributed by atoms with Crippen LogP contribution < -0.4 is 9.47 Å². The molecule has 6 nitrogen and oxygen atoms in total. The van der Waals surface area contributed by atoms with Gasteiger partial charge in [-0.15, -0.1) is 0 Å². The second-order valence-corrected chi connectivity index (χ2v) is 6.21. The molecule has 0 atom stereocenters. The second-order valence-electron chi connectivity index (χ2n) is 6.21. The standard InChI is InChI=1S/C20H25N3O3/c1-2-25-18-5-7-19(8-6-18)26-16-20(24)23-12-10-22(11-13-23)15-17-4-3-9-21-14-17/h3-9,14H,2,10-13,15-16H2,1H3. The Kier molecular flexibility index (Phi) is 6.44. The van der Waals surface area contributed by atoms with Gasteiger partial charge in [-0.1, -0.05) is 6.07 Å². The van der Waals surface area contributed by atoms with E-state index in [9.17, 15) is 4.79 Å². The van der Waals surface area contributed by atoms with Crippen LogP contribution in [-0.4, -0.2) is 60.1 Å². The first-order chi connectivity index (χ1) is 12.7. The third-order valence-corrected chi connectivity index (χ3v) is 4.35. The lowest BCUT2D eigenvalue weighted by Crippen LogP contribution is -2.49. The average Bonchev–Trinajstić information content (AvgIpc) is 2.69. The third kappa shape index (κ3) is 5.20. The number of nitrogens with zero attached hydrogens (tertiary/aromatic N) is 3. The molecule has 3 rings (SSSR count). The minimum Gasteiger partial charge on any atom is -0.494 e. The van der Waals surface area contributed by atoms with E-state index in [1.807, 2.05) is 48.4 Å². The fraction of sp³-hybridized carbons (Fsp3) is 0.400. The maximum Gasteiger partial charge on any atom is 0.260 e. The van der Waals surface area contributed by atoms with Gasteiger partial charge in [0.25, 0.3) is 5.91 Å². The van der Waals surface area contributed by atoms with E-state index in [2.05, 4.69) is 16.0 Å². The molecule has 0 unspecified atom stereocenters. The third-order valence-electron chi connectivity index (χ3n) is 4.35. The number of carbonyl (C=O) groups is 1. The minimum atomic E-state index is 0.0277. The van der Waals surface area contributed by atoms with E-state index in [0.29, 0.717) is 12.4 Å². The van der Waals surface area contributed by atoms with E-state index in [1.54, 1.807) is 6.20 Å². The molecule has 138 valence electrons. The molecule has 2 aromatic rings. The number of rotatable bonds is 7. The highest BCUT2D eigenvalue weighted by atomic mass is 16.5. The van der Waals surface area contributed by atoms with Crippen LogP contribution in [0.1, 0.15) is 12.5 Å².